The van der Waals surface area contributed by atoms with Crippen molar-refractivity contribution in [2.24, 2.45) is 0 Å². The molecule has 102 valence electrons. The number of rotatable bonds is 3. The van der Waals surface area contributed by atoms with E-state index in [0.717, 1.165) is 30.9 Å². The molecular weight excluding hydrogens is 354 g/mol. The summed E-state index contributed by atoms with van der Waals surface area (Å²) in [4.78, 5) is 11.3. The Morgan fingerprint density at radius 1 is 1.10 bits per heavy atom. The number of anilines is 2. The van der Waals surface area contributed by atoms with Gasteiger partial charge in [0.1, 0.15) is 0 Å². The van der Waals surface area contributed by atoms with Crippen molar-refractivity contribution in [1.29, 1.82) is 0 Å². The fourth-order valence-corrected chi connectivity index (χ4v) is 4.02. The maximum atomic E-state index is 4.46. The van der Waals surface area contributed by atoms with Crippen LogP contribution in [0, 0.1) is 13.8 Å². The zero-order valence-corrected chi connectivity index (χ0v) is 14.2. The lowest BCUT2D eigenvalue weighted by Crippen LogP contribution is -1.87. The van der Waals surface area contributed by atoms with Gasteiger partial charge >= 0.3 is 0 Å². The molecular formula is C14H12BrN3S2. The van der Waals surface area contributed by atoms with Crippen LogP contribution in [0.4, 0.5) is 10.8 Å². The van der Waals surface area contributed by atoms with Gasteiger partial charge in [-0.25, -0.2) is 9.97 Å². The van der Waals surface area contributed by atoms with Crippen molar-refractivity contribution in [2.45, 2.75) is 13.8 Å². The van der Waals surface area contributed by atoms with Crippen molar-refractivity contribution >= 4 is 49.4 Å². The zero-order valence-electron chi connectivity index (χ0n) is 11.0. The Balaban J connectivity index is 1.83. The lowest BCUT2D eigenvalue weighted by molar-refractivity contribution is 1.20. The Kier molecular flexibility index (Phi) is 3.87. The largest absolute Gasteiger partial charge is 0.332 e. The van der Waals surface area contributed by atoms with E-state index in [2.05, 4.69) is 31.2 Å². The van der Waals surface area contributed by atoms with E-state index in [1.54, 1.807) is 22.7 Å². The normalized spacial score (nSPS) is 10.8. The smallest absolute Gasteiger partial charge is 0.187 e. The SMILES string of the molecule is Cc1nc(C)c(-c2cnc(Nc3ccc(Br)cc3)s2)s1. The molecule has 2 aromatic heterocycles. The molecule has 0 radical (unpaired) electrons. The number of thiazole rings is 2. The van der Waals surface area contributed by atoms with Gasteiger partial charge in [0.2, 0.25) is 0 Å². The number of aromatic nitrogens is 2. The van der Waals surface area contributed by atoms with E-state index < -0.39 is 0 Å². The molecule has 0 aliphatic heterocycles. The van der Waals surface area contributed by atoms with E-state index >= 15 is 0 Å². The summed E-state index contributed by atoms with van der Waals surface area (Å²) in [5.74, 6) is 0. The highest BCUT2D eigenvalue weighted by molar-refractivity contribution is 9.10. The molecule has 0 amide bonds. The summed E-state index contributed by atoms with van der Waals surface area (Å²) in [7, 11) is 0. The van der Waals surface area contributed by atoms with Crippen molar-refractivity contribution in [3.63, 3.8) is 0 Å². The van der Waals surface area contributed by atoms with E-state index in [0.29, 0.717) is 0 Å². The van der Waals surface area contributed by atoms with Gasteiger partial charge in [-0.3, -0.25) is 0 Å². The minimum Gasteiger partial charge on any atom is -0.332 e. The molecule has 0 aliphatic carbocycles. The number of benzene rings is 1. The highest BCUT2D eigenvalue weighted by Crippen LogP contribution is 2.36. The molecule has 3 nitrogen and oxygen atoms in total. The molecule has 3 aromatic rings. The molecule has 0 aliphatic rings. The molecule has 0 atom stereocenters. The maximum Gasteiger partial charge on any atom is 0.187 e. The second-order valence-electron chi connectivity index (χ2n) is 4.31. The Labute approximate surface area is 133 Å². The van der Waals surface area contributed by atoms with Gasteiger partial charge in [-0.2, -0.15) is 0 Å². The van der Waals surface area contributed by atoms with E-state index in [1.807, 2.05) is 44.3 Å². The van der Waals surface area contributed by atoms with Crippen LogP contribution in [0.5, 0.6) is 0 Å². The lowest BCUT2D eigenvalue weighted by Gasteiger charge is -2.01. The van der Waals surface area contributed by atoms with Crippen molar-refractivity contribution in [1.82, 2.24) is 9.97 Å². The first-order valence-corrected chi connectivity index (χ1v) is 8.47. The lowest BCUT2D eigenvalue weighted by atomic mass is 10.3. The highest BCUT2D eigenvalue weighted by Gasteiger charge is 2.11. The molecule has 2 heterocycles. The summed E-state index contributed by atoms with van der Waals surface area (Å²) in [5, 5.41) is 5.31. The number of hydrogen-bond donors (Lipinski definition) is 1. The molecule has 6 heteroatoms. The zero-order chi connectivity index (χ0) is 14.1. The van der Waals surface area contributed by atoms with Crippen LogP contribution < -0.4 is 5.32 Å². The molecule has 0 saturated heterocycles. The van der Waals surface area contributed by atoms with Gasteiger partial charge in [0, 0.05) is 16.4 Å². The first-order chi connectivity index (χ1) is 9.61. The maximum absolute atomic E-state index is 4.46. The predicted octanol–water partition coefficient (Wildman–Crippen LogP) is 5.39. The van der Waals surface area contributed by atoms with Crippen molar-refractivity contribution < 1.29 is 0 Å². The highest BCUT2D eigenvalue weighted by atomic mass is 79.9. The van der Waals surface area contributed by atoms with Gasteiger partial charge in [-0.05, 0) is 38.1 Å². The van der Waals surface area contributed by atoms with Gasteiger partial charge in [0.05, 0.1) is 20.5 Å². The third-order valence-corrected chi connectivity index (χ3v) is 5.42. The van der Waals surface area contributed by atoms with Crippen LogP contribution in [0.15, 0.2) is 34.9 Å². The molecule has 0 bridgehead atoms. The van der Waals surface area contributed by atoms with E-state index in [-0.39, 0.29) is 0 Å². The number of halogens is 1. The predicted molar refractivity (Wildman–Crippen MR) is 90.1 cm³/mol. The molecule has 3 rings (SSSR count). The minimum atomic E-state index is 0.896. The summed E-state index contributed by atoms with van der Waals surface area (Å²) < 4.78 is 1.07. The van der Waals surface area contributed by atoms with Crippen molar-refractivity contribution in [2.75, 3.05) is 5.32 Å². The molecule has 0 unspecified atom stereocenters. The molecule has 1 aromatic carbocycles. The van der Waals surface area contributed by atoms with Crippen molar-refractivity contribution in [3.8, 4) is 9.75 Å². The fraction of sp³-hybridized carbons (Fsp3) is 0.143. The summed E-state index contributed by atoms with van der Waals surface area (Å²) in [5.41, 5.74) is 2.11. The van der Waals surface area contributed by atoms with Crippen molar-refractivity contribution in [3.05, 3.63) is 45.6 Å². The van der Waals surface area contributed by atoms with Gasteiger partial charge in [0.25, 0.3) is 0 Å². The minimum absolute atomic E-state index is 0.896. The van der Waals surface area contributed by atoms with E-state index in [9.17, 15) is 0 Å². The summed E-state index contributed by atoms with van der Waals surface area (Å²) >= 11 is 6.79. The number of hydrogen-bond acceptors (Lipinski definition) is 5. The van der Waals surface area contributed by atoms with Gasteiger partial charge in [-0.1, -0.05) is 27.3 Å². The molecule has 1 N–H and O–H groups in total. The molecule has 20 heavy (non-hydrogen) atoms. The molecule has 0 spiro atoms. The first-order valence-electron chi connectivity index (χ1n) is 6.04. The fourth-order valence-electron chi connectivity index (χ4n) is 1.85. The van der Waals surface area contributed by atoms with Crippen LogP contribution in [0.1, 0.15) is 10.7 Å². The van der Waals surface area contributed by atoms with Crippen LogP contribution >= 0.6 is 38.6 Å². The standard InChI is InChI=1S/C14H12BrN3S2/c1-8-13(19-9(2)17-8)12-7-16-14(20-12)18-11-5-3-10(15)4-6-11/h3-7H,1-2H3,(H,16,18). The van der Waals surface area contributed by atoms with Gasteiger partial charge in [0.15, 0.2) is 5.13 Å². The van der Waals surface area contributed by atoms with Crippen LogP contribution in [-0.4, -0.2) is 9.97 Å². The summed E-state index contributed by atoms with van der Waals surface area (Å²) in [6.45, 7) is 4.07. The molecule has 0 saturated carbocycles. The topological polar surface area (TPSA) is 37.8 Å². The summed E-state index contributed by atoms with van der Waals surface area (Å²) in [6.07, 6.45) is 1.91. The monoisotopic (exact) mass is 365 g/mol. The van der Waals surface area contributed by atoms with E-state index in [4.69, 9.17) is 0 Å². The van der Waals surface area contributed by atoms with Crippen LogP contribution in [0.3, 0.4) is 0 Å². The van der Waals surface area contributed by atoms with Gasteiger partial charge < -0.3 is 5.32 Å². The second-order valence-corrected chi connectivity index (χ2v) is 7.46. The van der Waals surface area contributed by atoms with Crippen LogP contribution in [0.25, 0.3) is 9.75 Å². The number of nitrogens with zero attached hydrogens (tertiary/aromatic N) is 2. The van der Waals surface area contributed by atoms with Crippen LogP contribution in [-0.2, 0) is 0 Å². The van der Waals surface area contributed by atoms with E-state index in [1.165, 1.54) is 4.88 Å². The first kappa shape index (κ1) is 13.7. The average molecular weight is 366 g/mol. The average Bonchev–Trinajstić information content (AvgIpc) is 2.99. The quantitative estimate of drug-likeness (QED) is 0.675. The Morgan fingerprint density at radius 2 is 1.85 bits per heavy atom. The van der Waals surface area contributed by atoms with Crippen LogP contribution in [0.2, 0.25) is 0 Å². The van der Waals surface area contributed by atoms with Gasteiger partial charge in [-0.15, -0.1) is 11.3 Å². The molecule has 0 fully saturated rings. The summed E-state index contributed by atoms with van der Waals surface area (Å²) in [6, 6.07) is 8.06. The third kappa shape index (κ3) is 2.92. The Hall–Kier alpha value is -1.24. The Bertz CT molecular complexity index is 731. The second kappa shape index (κ2) is 5.63. The third-order valence-electron chi connectivity index (χ3n) is 2.73. The number of nitrogens with one attached hydrogen (secondary N) is 1. The number of aryl methyl sites for hydroxylation is 2. The Morgan fingerprint density at radius 3 is 2.50 bits per heavy atom.